The average molecular weight is 498 g/mol. The Morgan fingerprint density at radius 2 is 1.83 bits per heavy atom. The fourth-order valence-corrected chi connectivity index (χ4v) is 4.81. The molecule has 2 aliphatic heterocycles. The first kappa shape index (κ1) is 25.8. The van der Waals surface area contributed by atoms with Crippen molar-refractivity contribution < 1.29 is 18.8 Å². The molecule has 0 bridgehead atoms. The summed E-state index contributed by atoms with van der Waals surface area (Å²) in [6.07, 6.45) is 3.06. The average Bonchev–Trinajstić information content (AvgIpc) is 3.58. The molecule has 1 saturated heterocycles. The van der Waals surface area contributed by atoms with Crippen LogP contribution in [0.5, 0.6) is 0 Å². The first-order chi connectivity index (χ1) is 17.2. The number of ketones is 1. The van der Waals surface area contributed by atoms with E-state index >= 15 is 0 Å². The van der Waals surface area contributed by atoms with Crippen LogP contribution in [0.25, 0.3) is 0 Å². The highest BCUT2D eigenvalue weighted by molar-refractivity contribution is 5.98. The third-order valence-corrected chi connectivity index (χ3v) is 6.92. The van der Waals surface area contributed by atoms with Crippen LogP contribution in [0.15, 0.2) is 33.5 Å². The second kappa shape index (κ2) is 10.8. The Kier molecular flexibility index (Phi) is 7.73. The molecule has 10 nitrogen and oxygen atoms in total. The van der Waals surface area contributed by atoms with E-state index in [0.29, 0.717) is 39.0 Å². The van der Waals surface area contributed by atoms with E-state index in [-0.39, 0.29) is 30.7 Å². The molecule has 0 aliphatic carbocycles. The molecule has 1 unspecified atom stereocenters. The molecule has 1 fully saturated rings. The van der Waals surface area contributed by atoms with Gasteiger partial charge in [0.25, 0.3) is 5.89 Å². The molecule has 1 aromatic carbocycles. The second-order valence-electron chi connectivity index (χ2n) is 10.3. The van der Waals surface area contributed by atoms with Gasteiger partial charge in [-0.2, -0.15) is 4.68 Å². The van der Waals surface area contributed by atoms with Crippen molar-refractivity contribution in [2.24, 2.45) is 0 Å². The van der Waals surface area contributed by atoms with Gasteiger partial charge in [0.2, 0.25) is 17.6 Å². The van der Waals surface area contributed by atoms with Crippen molar-refractivity contribution in [3.05, 3.63) is 51.8 Å². The van der Waals surface area contributed by atoms with Crippen LogP contribution in [-0.4, -0.2) is 61.8 Å². The molecular formula is C26H35N5O5. The van der Waals surface area contributed by atoms with Gasteiger partial charge in [-0.25, -0.2) is 4.79 Å². The van der Waals surface area contributed by atoms with E-state index in [0.717, 1.165) is 17.5 Å². The summed E-state index contributed by atoms with van der Waals surface area (Å²) in [5.41, 5.74) is 1.73. The van der Waals surface area contributed by atoms with E-state index in [1.54, 1.807) is 0 Å². The summed E-state index contributed by atoms with van der Waals surface area (Å²) in [5.74, 6) is -1.55. The highest BCUT2D eigenvalue weighted by atomic mass is 16.4. The molecular weight excluding hydrogens is 462 g/mol. The summed E-state index contributed by atoms with van der Waals surface area (Å²) in [6, 6.07) is 7.33. The normalized spacial score (nSPS) is 17.5. The summed E-state index contributed by atoms with van der Waals surface area (Å²) in [6.45, 7) is 7.83. The molecule has 10 heteroatoms. The molecule has 1 aromatic heterocycles. The number of Topliss-reactive ketones (excluding diaryl/α,β-unsaturated/α-hetero) is 1. The smallest absolute Gasteiger partial charge is 0.384 e. The van der Waals surface area contributed by atoms with Gasteiger partial charge in [-0.3, -0.25) is 14.4 Å². The Bertz CT molecular complexity index is 1160. The topological polar surface area (TPSA) is 118 Å². The lowest BCUT2D eigenvalue weighted by Crippen LogP contribution is -2.50. The van der Waals surface area contributed by atoms with Crippen molar-refractivity contribution in [3.8, 4) is 0 Å². The minimum absolute atomic E-state index is 0.000819. The van der Waals surface area contributed by atoms with Crippen LogP contribution in [0.4, 0.5) is 0 Å². The minimum Gasteiger partial charge on any atom is -0.384 e. The molecule has 4 rings (SSSR count). The molecule has 2 aromatic rings. The predicted molar refractivity (Wildman–Crippen MR) is 132 cm³/mol. The Balaban J connectivity index is 1.31. The number of aromatic nitrogens is 2. The van der Waals surface area contributed by atoms with E-state index in [9.17, 15) is 19.2 Å². The number of aryl methyl sites for hydroxylation is 1. The number of carbonyl (C=O) groups is 3. The molecule has 1 atom stereocenters. The van der Waals surface area contributed by atoms with Crippen molar-refractivity contribution in [2.45, 2.75) is 84.1 Å². The maximum atomic E-state index is 13.0. The Morgan fingerprint density at radius 1 is 1.14 bits per heavy atom. The van der Waals surface area contributed by atoms with Crippen LogP contribution in [0, 0.1) is 0 Å². The van der Waals surface area contributed by atoms with E-state index in [1.165, 1.54) is 16.0 Å². The first-order valence-corrected chi connectivity index (χ1v) is 12.7. The van der Waals surface area contributed by atoms with Crippen molar-refractivity contribution in [2.75, 3.05) is 13.1 Å². The Labute approximate surface area is 210 Å². The highest BCUT2D eigenvalue weighted by Crippen LogP contribution is 2.25. The number of rotatable bonds is 10. The summed E-state index contributed by atoms with van der Waals surface area (Å²) in [4.78, 5) is 54.3. The minimum atomic E-state index is -0.704. The summed E-state index contributed by atoms with van der Waals surface area (Å²) in [5, 5.41) is 7.25. The van der Waals surface area contributed by atoms with Gasteiger partial charge < -0.3 is 19.5 Å². The van der Waals surface area contributed by atoms with Crippen LogP contribution in [0.3, 0.4) is 0 Å². The lowest BCUT2D eigenvalue weighted by molar-refractivity contribution is -0.134. The van der Waals surface area contributed by atoms with Crippen LogP contribution in [-0.2, 0) is 29.2 Å². The number of nitrogens with zero attached hydrogens (tertiary/aromatic N) is 4. The maximum absolute atomic E-state index is 13.0. The summed E-state index contributed by atoms with van der Waals surface area (Å²) in [7, 11) is 0. The third kappa shape index (κ3) is 5.75. The summed E-state index contributed by atoms with van der Waals surface area (Å²) < 4.78 is 6.26. The van der Waals surface area contributed by atoms with Gasteiger partial charge in [0.1, 0.15) is 6.04 Å². The van der Waals surface area contributed by atoms with E-state index in [2.05, 4.69) is 10.4 Å². The van der Waals surface area contributed by atoms with Crippen LogP contribution in [0.2, 0.25) is 0 Å². The fraction of sp³-hybridized carbons (Fsp3) is 0.577. The van der Waals surface area contributed by atoms with Gasteiger partial charge in [-0.15, -0.1) is 5.10 Å². The SMILES string of the molecule is CCCCn1nc(C(=O)C2CCCN2C(=O)CNC(C)(C)CC(=O)N2Cc3ccccc3C2)oc1=O. The van der Waals surface area contributed by atoms with E-state index in [4.69, 9.17) is 4.42 Å². The number of amides is 2. The number of likely N-dealkylation sites (tertiary alicyclic amines) is 1. The largest absolute Gasteiger partial charge is 0.437 e. The third-order valence-electron chi connectivity index (χ3n) is 6.92. The standard InChI is InChI=1S/C26H35N5O5/c1-4-5-13-31-25(35)36-24(28-31)23(34)20-11-8-12-30(20)22(33)15-27-26(2,3)14-21(32)29-16-18-9-6-7-10-19(18)17-29/h6-7,9-10,20,27H,4-5,8,11-17H2,1-3H3. The first-order valence-electron chi connectivity index (χ1n) is 12.7. The molecule has 36 heavy (non-hydrogen) atoms. The molecule has 1 N–H and O–H groups in total. The van der Waals surface area contributed by atoms with Gasteiger partial charge in [0, 0.05) is 38.1 Å². The zero-order chi connectivity index (χ0) is 25.9. The van der Waals surface area contributed by atoms with Gasteiger partial charge in [-0.05, 0) is 44.2 Å². The lowest BCUT2D eigenvalue weighted by atomic mass is 9.99. The fourth-order valence-electron chi connectivity index (χ4n) is 4.81. The Morgan fingerprint density at radius 3 is 2.50 bits per heavy atom. The molecule has 0 radical (unpaired) electrons. The number of unbranched alkanes of at least 4 members (excludes halogenated alkanes) is 1. The number of fused-ring (bicyclic) bond motifs is 1. The van der Waals surface area contributed by atoms with Crippen LogP contribution >= 0.6 is 0 Å². The molecule has 194 valence electrons. The van der Waals surface area contributed by atoms with Gasteiger partial charge in [0.05, 0.1) is 6.54 Å². The van der Waals surface area contributed by atoms with E-state index in [1.807, 2.05) is 49.9 Å². The monoisotopic (exact) mass is 497 g/mol. The van der Waals surface area contributed by atoms with Crippen LogP contribution < -0.4 is 11.1 Å². The second-order valence-corrected chi connectivity index (χ2v) is 10.3. The summed E-state index contributed by atoms with van der Waals surface area (Å²) >= 11 is 0. The van der Waals surface area contributed by atoms with Crippen molar-refractivity contribution in [1.82, 2.24) is 24.9 Å². The highest BCUT2D eigenvalue weighted by Gasteiger charge is 2.38. The quantitative estimate of drug-likeness (QED) is 0.500. The zero-order valence-corrected chi connectivity index (χ0v) is 21.3. The van der Waals surface area contributed by atoms with Crippen molar-refractivity contribution >= 4 is 17.6 Å². The molecule has 3 heterocycles. The number of carbonyl (C=O) groups excluding carboxylic acids is 3. The van der Waals surface area contributed by atoms with Gasteiger partial charge >= 0.3 is 5.76 Å². The van der Waals surface area contributed by atoms with Crippen molar-refractivity contribution in [3.63, 3.8) is 0 Å². The predicted octanol–water partition coefficient (Wildman–Crippen LogP) is 2.11. The maximum Gasteiger partial charge on any atom is 0.437 e. The van der Waals surface area contributed by atoms with Gasteiger partial charge in [0.15, 0.2) is 0 Å². The molecule has 2 amide bonds. The number of benzene rings is 1. The molecule has 0 saturated carbocycles. The lowest BCUT2D eigenvalue weighted by Gasteiger charge is -2.30. The molecule has 0 spiro atoms. The number of hydrogen-bond donors (Lipinski definition) is 1. The van der Waals surface area contributed by atoms with Gasteiger partial charge in [-0.1, -0.05) is 37.6 Å². The number of nitrogens with one attached hydrogen (secondary N) is 1. The van der Waals surface area contributed by atoms with Crippen molar-refractivity contribution in [1.29, 1.82) is 0 Å². The Hall–Kier alpha value is -3.27. The molecule has 2 aliphatic rings. The van der Waals surface area contributed by atoms with E-state index < -0.39 is 23.1 Å². The van der Waals surface area contributed by atoms with Crippen LogP contribution in [0.1, 0.15) is 74.7 Å². The zero-order valence-electron chi connectivity index (χ0n) is 21.3. The number of hydrogen-bond acceptors (Lipinski definition) is 7.